The lowest BCUT2D eigenvalue weighted by molar-refractivity contribution is -0.107. The zero-order valence-corrected chi connectivity index (χ0v) is 7.10. The van der Waals surface area contributed by atoms with Crippen LogP contribution in [0.2, 0.25) is 0 Å². The summed E-state index contributed by atoms with van der Waals surface area (Å²) in [6.07, 6.45) is 0.571. The first-order chi connectivity index (χ1) is 6.16. The van der Waals surface area contributed by atoms with Crippen molar-refractivity contribution in [3.63, 3.8) is 0 Å². The minimum atomic E-state index is -1.04. The molecule has 0 radical (unpaired) electrons. The molecule has 0 atom stereocenters. The average molecular weight is 179 g/mol. The lowest BCUT2D eigenvalue weighted by Crippen LogP contribution is -2.17. The molecule has 1 N–H and O–H groups in total. The number of carbonyl (C=O) groups excluding carboxylic acids is 1. The van der Waals surface area contributed by atoms with Gasteiger partial charge in [-0.2, -0.15) is 0 Å². The third-order valence-electron chi connectivity index (χ3n) is 1.67. The Kier molecular flexibility index (Phi) is 2.64. The SMILES string of the molecule is CN(C=O)c1ccccc1C(=O)O. The first-order valence-electron chi connectivity index (χ1n) is 3.67. The Morgan fingerprint density at radius 1 is 1.46 bits per heavy atom. The Labute approximate surface area is 75.4 Å². The number of benzene rings is 1. The normalized spacial score (nSPS) is 9.31. The van der Waals surface area contributed by atoms with Crippen LogP contribution in [0, 0.1) is 0 Å². The van der Waals surface area contributed by atoms with Gasteiger partial charge in [-0.3, -0.25) is 4.79 Å². The molecule has 1 aromatic carbocycles. The van der Waals surface area contributed by atoms with E-state index in [1.807, 2.05) is 0 Å². The molecule has 4 nitrogen and oxygen atoms in total. The van der Waals surface area contributed by atoms with Gasteiger partial charge in [-0.15, -0.1) is 0 Å². The van der Waals surface area contributed by atoms with E-state index in [0.717, 1.165) is 0 Å². The average Bonchev–Trinajstić information content (AvgIpc) is 2.16. The number of hydrogen-bond acceptors (Lipinski definition) is 2. The van der Waals surface area contributed by atoms with Crippen molar-refractivity contribution in [3.05, 3.63) is 29.8 Å². The van der Waals surface area contributed by atoms with Gasteiger partial charge in [0.05, 0.1) is 11.3 Å². The van der Waals surface area contributed by atoms with E-state index in [1.54, 1.807) is 18.2 Å². The highest BCUT2D eigenvalue weighted by atomic mass is 16.4. The van der Waals surface area contributed by atoms with E-state index >= 15 is 0 Å². The molecule has 0 aliphatic carbocycles. The Bertz CT molecular complexity index is 335. The van der Waals surface area contributed by atoms with Crippen LogP contribution in [0.1, 0.15) is 10.4 Å². The van der Waals surface area contributed by atoms with Crippen molar-refractivity contribution in [2.45, 2.75) is 0 Å². The maximum Gasteiger partial charge on any atom is 0.337 e. The van der Waals surface area contributed by atoms with Crippen LogP contribution in [-0.2, 0) is 4.79 Å². The maximum absolute atomic E-state index is 10.7. The third-order valence-corrected chi connectivity index (χ3v) is 1.67. The number of nitrogens with zero attached hydrogens (tertiary/aromatic N) is 1. The van der Waals surface area contributed by atoms with Crippen molar-refractivity contribution < 1.29 is 14.7 Å². The number of para-hydroxylation sites is 1. The van der Waals surface area contributed by atoms with Crippen LogP contribution in [0.25, 0.3) is 0 Å². The summed E-state index contributed by atoms with van der Waals surface area (Å²) in [5.41, 5.74) is 0.516. The van der Waals surface area contributed by atoms with Gasteiger partial charge in [-0.05, 0) is 12.1 Å². The van der Waals surface area contributed by atoms with Gasteiger partial charge in [-0.1, -0.05) is 12.1 Å². The molecule has 0 fully saturated rings. The van der Waals surface area contributed by atoms with Crippen molar-refractivity contribution >= 4 is 18.1 Å². The maximum atomic E-state index is 10.7. The molecule has 0 bridgehead atoms. The van der Waals surface area contributed by atoms with Crippen molar-refractivity contribution in [2.24, 2.45) is 0 Å². The molecule has 68 valence electrons. The van der Waals surface area contributed by atoms with Crippen LogP contribution in [0.5, 0.6) is 0 Å². The fourth-order valence-corrected chi connectivity index (χ4v) is 1.02. The van der Waals surface area contributed by atoms with E-state index in [4.69, 9.17) is 5.11 Å². The van der Waals surface area contributed by atoms with Crippen LogP contribution < -0.4 is 4.90 Å². The second-order valence-corrected chi connectivity index (χ2v) is 2.54. The fourth-order valence-electron chi connectivity index (χ4n) is 1.02. The molecular formula is C9H9NO3. The summed E-state index contributed by atoms with van der Waals surface area (Å²) in [6.45, 7) is 0. The van der Waals surface area contributed by atoms with Crippen LogP contribution in [0.15, 0.2) is 24.3 Å². The molecule has 0 saturated heterocycles. The van der Waals surface area contributed by atoms with Gasteiger partial charge < -0.3 is 10.0 Å². The van der Waals surface area contributed by atoms with Crippen molar-refractivity contribution in [1.29, 1.82) is 0 Å². The Morgan fingerprint density at radius 3 is 2.62 bits per heavy atom. The van der Waals surface area contributed by atoms with E-state index in [9.17, 15) is 9.59 Å². The van der Waals surface area contributed by atoms with E-state index in [-0.39, 0.29) is 5.56 Å². The second kappa shape index (κ2) is 3.71. The number of carbonyl (C=O) groups is 2. The molecule has 0 aromatic heterocycles. The summed E-state index contributed by atoms with van der Waals surface area (Å²) in [4.78, 5) is 22.3. The van der Waals surface area contributed by atoms with Crippen LogP contribution in [-0.4, -0.2) is 24.5 Å². The summed E-state index contributed by atoms with van der Waals surface area (Å²) >= 11 is 0. The van der Waals surface area contributed by atoms with Gasteiger partial charge in [0.2, 0.25) is 6.41 Å². The van der Waals surface area contributed by atoms with Gasteiger partial charge >= 0.3 is 5.97 Å². The Morgan fingerprint density at radius 2 is 2.08 bits per heavy atom. The molecule has 1 rings (SSSR count). The monoisotopic (exact) mass is 179 g/mol. The lowest BCUT2D eigenvalue weighted by atomic mass is 10.1. The quantitative estimate of drug-likeness (QED) is 0.703. The molecule has 0 unspecified atom stereocenters. The van der Waals surface area contributed by atoms with E-state index < -0.39 is 5.97 Å². The standard InChI is InChI=1S/C9H9NO3/c1-10(6-11)8-5-3-2-4-7(8)9(12)13/h2-6H,1H3,(H,12,13). The number of rotatable bonds is 3. The number of amides is 1. The number of anilines is 1. The Balaban J connectivity index is 3.19. The number of aromatic carboxylic acids is 1. The first kappa shape index (κ1) is 9.25. The molecule has 4 heteroatoms. The highest BCUT2D eigenvalue weighted by Gasteiger charge is 2.11. The fraction of sp³-hybridized carbons (Fsp3) is 0.111. The number of carboxylic acids is 1. The van der Waals surface area contributed by atoms with E-state index in [0.29, 0.717) is 12.1 Å². The predicted molar refractivity (Wildman–Crippen MR) is 47.9 cm³/mol. The summed E-state index contributed by atoms with van der Waals surface area (Å²) in [6, 6.07) is 6.34. The van der Waals surface area contributed by atoms with Gasteiger partial charge in [0.25, 0.3) is 0 Å². The minimum Gasteiger partial charge on any atom is -0.478 e. The summed E-state index contributed by atoms with van der Waals surface area (Å²) < 4.78 is 0. The van der Waals surface area contributed by atoms with Gasteiger partial charge in [0, 0.05) is 7.05 Å². The van der Waals surface area contributed by atoms with Gasteiger partial charge in [0.15, 0.2) is 0 Å². The summed E-state index contributed by atoms with van der Waals surface area (Å²) in [7, 11) is 1.51. The highest BCUT2D eigenvalue weighted by Crippen LogP contribution is 2.17. The third kappa shape index (κ3) is 1.84. The van der Waals surface area contributed by atoms with Gasteiger partial charge in [-0.25, -0.2) is 4.79 Å². The summed E-state index contributed by atoms with van der Waals surface area (Å²) in [5.74, 6) is -1.04. The number of hydrogen-bond donors (Lipinski definition) is 1. The Hall–Kier alpha value is -1.84. The summed E-state index contributed by atoms with van der Waals surface area (Å²) in [5, 5.41) is 8.77. The molecule has 0 saturated carbocycles. The van der Waals surface area contributed by atoms with Crippen LogP contribution in [0.3, 0.4) is 0 Å². The lowest BCUT2D eigenvalue weighted by Gasteiger charge is -2.12. The predicted octanol–water partition coefficient (Wildman–Crippen LogP) is 0.977. The van der Waals surface area contributed by atoms with Crippen LogP contribution >= 0.6 is 0 Å². The van der Waals surface area contributed by atoms with E-state index in [1.165, 1.54) is 18.0 Å². The smallest absolute Gasteiger partial charge is 0.337 e. The first-order valence-corrected chi connectivity index (χ1v) is 3.67. The molecular weight excluding hydrogens is 170 g/mol. The topological polar surface area (TPSA) is 57.6 Å². The number of carboxylic acid groups (broad SMARTS) is 1. The zero-order chi connectivity index (χ0) is 9.84. The molecule has 0 heterocycles. The zero-order valence-electron chi connectivity index (χ0n) is 7.10. The molecule has 1 amide bonds. The molecule has 0 aliphatic rings. The molecule has 13 heavy (non-hydrogen) atoms. The van der Waals surface area contributed by atoms with Crippen LogP contribution in [0.4, 0.5) is 5.69 Å². The molecule has 1 aromatic rings. The highest BCUT2D eigenvalue weighted by molar-refractivity contribution is 5.97. The molecule has 0 aliphatic heterocycles. The van der Waals surface area contributed by atoms with Crippen molar-refractivity contribution in [3.8, 4) is 0 Å². The van der Waals surface area contributed by atoms with Gasteiger partial charge in [0.1, 0.15) is 0 Å². The molecule has 0 spiro atoms. The second-order valence-electron chi connectivity index (χ2n) is 2.54. The van der Waals surface area contributed by atoms with E-state index in [2.05, 4.69) is 0 Å². The van der Waals surface area contributed by atoms with Crippen molar-refractivity contribution in [2.75, 3.05) is 11.9 Å². The minimum absolute atomic E-state index is 0.122. The van der Waals surface area contributed by atoms with Crippen molar-refractivity contribution in [1.82, 2.24) is 0 Å². The largest absolute Gasteiger partial charge is 0.478 e.